The van der Waals surface area contributed by atoms with Crippen molar-refractivity contribution < 1.29 is 20.1 Å². The van der Waals surface area contributed by atoms with E-state index in [2.05, 4.69) is 0 Å². The summed E-state index contributed by atoms with van der Waals surface area (Å²) in [6, 6.07) is 5.10. The fourth-order valence-corrected chi connectivity index (χ4v) is 1.43. The van der Waals surface area contributed by atoms with Gasteiger partial charge >= 0.3 is 5.97 Å². The summed E-state index contributed by atoms with van der Waals surface area (Å²) >= 11 is 5.73. The molecule has 0 aliphatic rings. The van der Waals surface area contributed by atoms with Gasteiger partial charge in [0.25, 0.3) is 0 Å². The number of aliphatic hydroxyl groups excluding tert-OH is 2. The van der Waals surface area contributed by atoms with E-state index in [0.717, 1.165) is 6.07 Å². The van der Waals surface area contributed by atoms with Crippen molar-refractivity contribution in [2.45, 2.75) is 12.2 Å². The van der Waals surface area contributed by atoms with Crippen LogP contribution in [0.5, 0.6) is 0 Å². The summed E-state index contributed by atoms with van der Waals surface area (Å²) < 4.78 is 0. The van der Waals surface area contributed by atoms with E-state index < -0.39 is 18.2 Å². The third-order valence-corrected chi connectivity index (χ3v) is 2.32. The molecule has 0 aliphatic heterocycles. The number of aliphatic hydroxyl groups is 2. The van der Waals surface area contributed by atoms with E-state index in [1.54, 1.807) is 0 Å². The molecule has 84 valence electrons. The van der Waals surface area contributed by atoms with Crippen molar-refractivity contribution in [3.63, 3.8) is 0 Å². The molecule has 16 heavy (non-hydrogen) atoms. The maximum Gasteiger partial charge on any atom is 0.335 e. The summed E-state index contributed by atoms with van der Waals surface area (Å²) in [4.78, 5) is 10.6. The quantitative estimate of drug-likeness (QED) is 0.684. The Morgan fingerprint density at radius 1 is 1.44 bits per heavy atom. The molecule has 0 radical (unpaired) electrons. The standard InChI is InChI=1S/C10H8ClNO4/c11-7-3-5(10(15)16)1-2-6(7)9(14)8(13)4-12/h1-3,8-9,13-14H,(H,15,16). The van der Waals surface area contributed by atoms with Crippen LogP contribution in [-0.2, 0) is 0 Å². The van der Waals surface area contributed by atoms with Crippen LogP contribution in [0, 0.1) is 11.3 Å². The summed E-state index contributed by atoms with van der Waals surface area (Å²) in [6.45, 7) is 0. The zero-order valence-electron chi connectivity index (χ0n) is 7.96. The molecule has 0 saturated carbocycles. The van der Waals surface area contributed by atoms with Crippen LogP contribution < -0.4 is 0 Å². The maximum absolute atomic E-state index is 10.6. The summed E-state index contributed by atoms with van der Waals surface area (Å²) in [5.41, 5.74) is 0.0770. The van der Waals surface area contributed by atoms with Crippen molar-refractivity contribution in [3.05, 3.63) is 34.3 Å². The zero-order valence-corrected chi connectivity index (χ0v) is 8.72. The first kappa shape index (κ1) is 12.5. The maximum atomic E-state index is 10.6. The van der Waals surface area contributed by atoms with Gasteiger partial charge in [-0.3, -0.25) is 0 Å². The van der Waals surface area contributed by atoms with Crippen LogP contribution in [0.25, 0.3) is 0 Å². The summed E-state index contributed by atoms with van der Waals surface area (Å²) in [6.07, 6.45) is -3.06. The first-order valence-corrected chi connectivity index (χ1v) is 4.63. The lowest BCUT2D eigenvalue weighted by Crippen LogP contribution is -2.16. The van der Waals surface area contributed by atoms with Crippen molar-refractivity contribution in [2.24, 2.45) is 0 Å². The van der Waals surface area contributed by atoms with E-state index in [1.165, 1.54) is 18.2 Å². The van der Waals surface area contributed by atoms with E-state index >= 15 is 0 Å². The largest absolute Gasteiger partial charge is 0.478 e. The molecule has 2 unspecified atom stereocenters. The highest BCUT2D eigenvalue weighted by molar-refractivity contribution is 6.31. The van der Waals surface area contributed by atoms with Crippen LogP contribution in [0.1, 0.15) is 22.0 Å². The summed E-state index contributed by atoms with van der Waals surface area (Å²) in [7, 11) is 0. The van der Waals surface area contributed by atoms with Gasteiger partial charge in [-0.1, -0.05) is 17.7 Å². The Morgan fingerprint density at radius 3 is 2.50 bits per heavy atom. The third-order valence-electron chi connectivity index (χ3n) is 2.00. The Bertz CT molecular complexity index is 455. The molecule has 3 N–H and O–H groups in total. The molecule has 1 rings (SSSR count). The average molecular weight is 242 g/mol. The van der Waals surface area contributed by atoms with Crippen LogP contribution in [0.4, 0.5) is 0 Å². The molecule has 1 aromatic rings. The second kappa shape index (κ2) is 4.94. The Morgan fingerprint density at radius 2 is 2.06 bits per heavy atom. The summed E-state index contributed by atoms with van der Waals surface area (Å²) in [5, 5.41) is 35.7. The second-order valence-corrected chi connectivity index (χ2v) is 3.47. The molecule has 0 amide bonds. The van der Waals surface area contributed by atoms with Crippen LogP contribution >= 0.6 is 11.6 Å². The number of benzene rings is 1. The number of hydrogen-bond acceptors (Lipinski definition) is 4. The minimum Gasteiger partial charge on any atom is -0.478 e. The van der Waals surface area contributed by atoms with Crippen LogP contribution in [0.2, 0.25) is 5.02 Å². The molecule has 0 fully saturated rings. The van der Waals surface area contributed by atoms with Gasteiger partial charge in [-0.05, 0) is 12.1 Å². The Hall–Kier alpha value is -1.61. The Labute approximate surface area is 96.1 Å². The van der Waals surface area contributed by atoms with Crippen LogP contribution in [0.3, 0.4) is 0 Å². The topological polar surface area (TPSA) is 102 Å². The number of aromatic carboxylic acids is 1. The van der Waals surface area contributed by atoms with E-state index in [0.29, 0.717) is 0 Å². The molecule has 0 heterocycles. The van der Waals surface area contributed by atoms with Gasteiger partial charge in [0.15, 0.2) is 6.10 Å². The van der Waals surface area contributed by atoms with Crippen molar-refractivity contribution in [1.82, 2.24) is 0 Å². The third kappa shape index (κ3) is 2.49. The molecule has 2 atom stereocenters. The highest BCUT2D eigenvalue weighted by Gasteiger charge is 2.21. The lowest BCUT2D eigenvalue weighted by Gasteiger charge is -2.13. The predicted octanol–water partition coefficient (Wildman–Crippen LogP) is 0.956. The van der Waals surface area contributed by atoms with E-state index in [9.17, 15) is 9.90 Å². The van der Waals surface area contributed by atoms with E-state index in [1.807, 2.05) is 0 Å². The number of carboxylic acid groups (broad SMARTS) is 1. The number of nitrogens with zero attached hydrogens (tertiary/aromatic N) is 1. The number of carboxylic acids is 1. The fourth-order valence-electron chi connectivity index (χ4n) is 1.14. The van der Waals surface area contributed by atoms with Gasteiger partial charge in [-0.25, -0.2) is 4.79 Å². The molecule has 0 spiro atoms. The highest BCUT2D eigenvalue weighted by atomic mass is 35.5. The molecule has 0 aliphatic carbocycles. The van der Waals surface area contributed by atoms with Crippen molar-refractivity contribution in [1.29, 1.82) is 5.26 Å². The molecular formula is C10H8ClNO4. The smallest absolute Gasteiger partial charge is 0.335 e. The van der Waals surface area contributed by atoms with Gasteiger partial charge in [0.05, 0.1) is 11.6 Å². The number of rotatable bonds is 3. The van der Waals surface area contributed by atoms with Gasteiger partial charge < -0.3 is 15.3 Å². The van der Waals surface area contributed by atoms with Crippen molar-refractivity contribution in [2.75, 3.05) is 0 Å². The number of carbonyl (C=O) groups is 1. The van der Waals surface area contributed by atoms with Crippen molar-refractivity contribution in [3.8, 4) is 6.07 Å². The fraction of sp³-hybridized carbons (Fsp3) is 0.200. The van der Waals surface area contributed by atoms with E-state index in [-0.39, 0.29) is 16.1 Å². The molecule has 6 heteroatoms. The number of nitriles is 1. The SMILES string of the molecule is N#CC(O)C(O)c1ccc(C(=O)O)cc1Cl. The second-order valence-electron chi connectivity index (χ2n) is 3.06. The van der Waals surface area contributed by atoms with Gasteiger partial charge in [-0.15, -0.1) is 0 Å². The zero-order chi connectivity index (χ0) is 12.3. The van der Waals surface area contributed by atoms with Gasteiger partial charge in [0, 0.05) is 10.6 Å². The molecule has 0 aromatic heterocycles. The van der Waals surface area contributed by atoms with Crippen LogP contribution in [0.15, 0.2) is 18.2 Å². The van der Waals surface area contributed by atoms with Gasteiger partial charge in [0.2, 0.25) is 0 Å². The van der Waals surface area contributed by atoms with Crippen molar-refractivity contribution >= 4 is 17.6 Å². The number of hydrogen-bond donors (Lipinski definition) is 3. The van der Waals surface area contributed by atoms with Crippen LogP contribution in [-0.4, -0.2) is 27.4 Å². The normalized spacial score (nSPS) is 13.9. The minimum atomic E-state index is -1.60. The first-order valence-electron chi connectivity index (χ1n) is 4.26. The minimum absolute atomic E-state index is 0.0123. The lowest BCUT2D eigenvalue weighted by atomic mass is 10.0. The number of halogens is 1. The summed E-state index contributed by atoms with van der Waals surface area (Å²) in [5.74, 6) is -1.15. The monoisotopic (exact) mass is 241 g/mol. The highest BCUT2D eigenvalue weighted by Crippen LogP contribution is 2.26. The average Bonchev–Trinajstić information content (AvgIpc) is 2.26. The van der Waals surface area contributed by atoms with Gasteiger partial charge in [0.1, 0.15) is 6.10 Å². The molecular weight excluding hydrogens is 234 g/mol. The molecule has 1 aromatic carbocycles. The lowest BCUT2D eigenvalue weighted by molar-refractivity contribution is 0.0528. The predicted molar refractivity (Wildman–Crippen MR) is 55.0 cm³/mol. The van der Waals surface area contributed by atoms with E-state index in [4.69, 9.17) is 27.1 Å². The molecule has 5 nitrogen and oxygen atoms in total. The Balaban J connectivity index is 3.09. The van der Waals surface area contributed by atoms with Gasteiger partial charge in [-0.2, -0.15) is 5.26 Å². The Kier molecular flexibility index (Phi) is 3.85. The first-order chi connectivity index (χ1) is 7.47. The molecule has 0 bridgehead atoms. The molecule has 0 saturated heterocycles.